The molecule has 0 aliphatic heterocycles. The number of thiophene rings is 1. The Hall–Kier alpha value is -1.99. The number of H-pyrrole nitrogens is 1. The minimum atomic E-state index is -0.505. The van der Waals surface area contributed by atoms with Crippen molar-refractivity contribution in [2.24, 2.45) is 11.8 Å². The maximum absolute atomic E-state index is 12.7. The summed E-state index contributed by atoms with van der Waals surface area (Å²) >= 11 is 1.58. The summed E-state index contributed by atoms with van der Waals surface area (Å²) < 4.78 is 0. The van der Waals surface area contributed by atoms with Crippen molar-refractivity contribution in [3.8, 4) is 0 Å². The third-order valence-electron chi connectivity index (χ3n) is 4.42. The Balaban J connectivity index is 1.79. The summed E-state index contributed by atoms with van der Waals surface area (Å²) in [5, 5.41) is 14.6. The van der Waals surface area contributed by atoms with Crippen molar-refractivity contribution >= 4 is 17.2 Å². The Morgan fingerprint density at radius 3 is 2.84 bits per heavy atom. The average molecular weight is 361 g/mol. The lowest BCUT2D eigenvalue weighted by atomic mass is 9.76. The minimum absolute atomic E-state index is 0.140. The molecule has 134 valence electrons. The molecule has 1 atom stereocenters. The summed E-state index contributed by atoms with van der Waals surface area (Å²) in [4.78, 5) is 32.0. The standard InChI is InChI=1S/C18H23N3O3S/c1-10(2)6-12-9-14(20-18(24)19-12)17(23)21-16(11-7-13(22)8-11)15-4-3-5-25-15/h3-5,9-11,13,16,22H,6-8H2,1-2H3,(H,21,23)(H,19,20,24). The number of aromatic nitrogens is 2. The van der Waals surface area contributed by atoms with Crippen LogP contribution in [0.2, 0.25) is 0 Å². The van der Waals surface area contributed by atoms with Crippen LogP contribution in [0.3, 0.4) is 0 Å². The number of rotatable bonds is 6. The van der Waals surface area contributed by atoms with Crippen LogP contribution in [-0.2, 0) is 6.42 Å². The molecule has 1 aliphatic carbocycles. The van der Waals surface area contributed by atoms with Crippen LogP contribution in [-0.4, -0.2) is 27.1 Å². The zero-order valence-electron chi connectivity index (χ0n) is 14.4. The number of aliphatic hydroxyl groups excluding tert-OH is 1. The fourth-order valence-electron chi connectivity index (χ4n) is 3.18. The lowest BCUT2D eigenvalue weighted by molar-refractivity contribution is 0.0240. The van der Waals surface area contributed by atoms with Gasteiger partial charge in [0, 0.05) is 10.6 Å². The van der Waals surface area contributed by atoms with Gasteiger partial charge in [-0.1, -0.05) is 19.9 Å². The van der Waals surface area contributed by atoms with Crippen molar-refractivity contribution in [2.45, 2.75) is 45.3 Å². The van der Waals surface area contributed by atoms with Gasteiger partial charge in [-0.15, -0.1) is 11.3 Å². The van der Waals surface area contributed by atoms with Crippen molar-refractivity contribution in [1.82, 2.24) is 15.3 Å². The number of nitrogens with one attached hydrogen (secondary N) is 2. The van der Waals surface area contributed by atoms with Crippen LogP contribution < -0.4 is 11.0 Å². The third kappa shape index (κ3) is 4.35. The van der Waals surface area contributed by atoms with Crippen molar-refractivity contribution in [3.05, 3.63) is 50.3 Å². The first-order valence-corrected chi connectivity index (χ1v) is 9.43. The second-order valence-corrected chi connectivity index (χ2v) is 8.03. The van der Waals surface area contributed by atoms with E-state index in [2.05, 4.69) is 15.3 Å². The van der Waals surface area contributed by atoms with Gasteiger partial charge in [-0.05, 0) is 48.6 Å². The van der Waals surface area contributed by atoms with Crippen LogP contribution in [0, 0.1) is 11.8 Å². The summed E-state index contributed by atoms with van der Waals surface area (Å²) in [6.07, 6.45) is 1.73. The molecule has 1 amide bonds. The van der Waals surface area contributed by atoms with E-state index in [-0.39, 0.29) is 29.7 Å². The van der Waals surface area contributed by atoms with Crippen LogP contribution in [0.25, 0.3) is 0 Å². The number of hydrogen-bond donors (Lipinski definition) is 3. The molecular formula is C18H23N3O3S. The quantitative estimate of drug-likeness (QED) is 0.735. The Kier molecular flexibility index (Phi) is 5.34. The van der Waals surface area contributed by atoms with Gasteiger partial charge in [-0.2, -0.15) is 4.98 Å². The molecule has 0 saturated heterocycles. The topological polar surface area (TPSA) is 95.1 Å². The predicted octanol–water partition coefficient (Wildman–Crippen LogP) is 2.27. The maximum atomic E-state index is 12.7. The number of amides is 1. The minimum Gasteiger partial charge on any atom is -0.393 e. The Morgan fingerprint density at radius 1 is 1.48 bits per heavy atom. The highest BCUT2D eigenvalue weighted by Gasteiger charge is 2.36. The molecule has 3 rings (SSSR count). The van der Waals surface area contributed by atoms with E-state index in [0.29, 0.717) is 30.9 Å². The van der Waals surface area contributed by atoms with Gasteiger partial charge >= 0.3 is 5.69 Å². The SMILES string of the molecule is CC(C)Cc1cc(C(=O)NC(c2cccs2)C2CC(O)C2)nc(=O)[nH]1. The lowest BCUT2D eigenvalue weighted by Gasteiger charge is -2.37. The van der Waals surface area contributed by atoms with Crippen LogP contribution in [0.5, 0.6) is 0 Å². The average Bonchev–Trinajstić information content (AvgIpc) is 3.02. The first-order chi connectivity index (χ1) is 11.9. The van der Waals surface area contributed by atoms with Crippen LogP contribution >= 0.6 is 11.3 Å². The van der Waals surface area contributed by atoms with Crippen LogP contribution in [0.1, 0.15) is 53.8 Å². The predicted molar refractivity (Wildman–Crippen MR) is 96.7 cm³/mol. The van der Waals surface area contributed by atoms with Gasteiger partial charge in [-0.3, -0.25) is 4.79 Å². The smallest absolute Gasteiger partial charge is 0.345 e. The van der Waals surface area contributed by atoms with Crippen molar-refractivity contribution in [3.63, 3.8) is 0 Å². The molecule has 3 N–H and O–H groups in total. The van der Waals surface area contributed by atoms with Gasteiger partial charge in [0.25, 0.3) is 5.91 Å². The number of aliphatic hydroxyl groups is 1. The molecule has 0 spiro atoms. The molecule has 0 radical (unpaired) electrons. The van der Waals surface area contributed by atoms with Crippen molar-refractivity contribution < 1.29 is 9.90 Å². The largest absolute Gasteiger partial charge is 0.393 e. The van der Waals surface area contributed by atoms with Gasteiger partial charge in [0.05, 0.1) is 12.1 Å². The number of carbonyl (C=O) groups is 1. The molecule has 1 fully saturated rings. The van der Waals surface area contributed by atoms with E-state index in [4.69, 9.17) is 0 Å². The molecule has 1 saturated carbocycles. The highest BCUT2D eigenvalue weighted by molar-refractivity contribution is 7.10. The fourth-order valence-corrected chi connectivity index (χ4v) is 4.05. The van der Waals surface area contributed by atoms with E-state index in [1.54, 1.807) is 17.4 Å². The second-order valence-electron chi connectivity index (χ2n) is 7.05. The summed E-state index contributed by atoms with van der Waals surface area (Å²) in [7, 11) is 0. The van der Waals surface area contributed by atoms with Gasteiger partial charge in [0.1, 0.15) is 5.69 Å². The van der Waals surface area contributed by atoms with Crippen molar-refractivity contribution in [1.29, 1.82) is 0 Å². The fraction of sp³-hybridized carbons (Fsp3) is 0.500. The van der Waals surface area contributed by atoms with Crippen LogP contribution in [0.15, 0.2) is 28.4 Å². The third-order valence-corrected chi connectivity index (χ3v) is 5.37. The molecule has 2 aromatic rings. The first-order valence-electron chi connectivity index (χ1n) is 8.55. The van der Waals surface area contributed by atoms with E-state index < -0.39 is 5.69 Å². The molecule has 2 aromatic heterocycles. The molecular weight excluding hydrogens is 338 g/mol. The van der Waals surface area contributed by atoms with E-state index in [1.807, 2.05) is 31.4 Å². The van der Waals surface area contributed by atoms with Crippen LogP contribution in [0.4, 0.5) is 0 Å². The zero-order valence-corrected chi connectivity index (χ0v) is 15.2. The van der Waals surface area contributed by atoms with Gasteiger partial charge < -0.3 is 15.4 Å². The number of hydrogen-bond acceptors (Lipinski definition) is 5. The molecule has 1 unspecified atom stereocenters. The summed E-state index contributed by atoms with van der Waals surface area (Å²) in [6.45, 7) is 4.10. The van der Waals surface area contributed by atoms with Gasteiger partial charge in [-0.25, -0.2) is 4.79 Å². The molecule has 25 heavy (non-hydrogen) atoms. The first kappa shape index (κ1) is 17.8. The molecule has 0 bridgehead atoms. The number of nitrogens with zero attached hydrogens (tertiary/aromatic N) is 1. The summed E-state index contributed by atoms with van der Waals surface area (Å²) in [6, 6.07) is 5.42. The molecule has 1 aliphatic rings. The van der Waals surface area contributed by atoms with E-state index in [1.165, 1.54) is 0 Å². The second kappa shape index (κ2) is 7.49. The van der Waals surface area contributed by atoms with E-state index in [0.717, 1.165) is 4.88 Å². The summed E-state index contributed by atoms with van der Waals surface area (Å²) in [5.74, 6) is 0.218. The maximum Gasteiger partial charge on any atom is 0.345 e. The molecule has 0 aromatic carbocycles. The summed E-state index contributed by atoms with van der Waals surface area (Å²) in [5.41, 5.74) is 0.350. The van der Waals surface area contributed by atoms with E-state index >= 15 is 0 Å². The molecule has 6 nitrogen and oxygen atoms in total. The Bertz CT molecular complexity index is 779. The number of carbonyl (C=O) groups excluding carboxylic acids is 1. The Labute approximate surface area is 150 Å². The highest BCUT2D eigenvalue weighted by atomic mass is 32.1. The van der Waals surface area contributed by atoms with Gasteiger partial charge in [0.2, 0.25) is 0 Å². The van der Waals surface area contributed by atoms with Crippen molar-refractivity contribution in [2.75, 3.05) is 0 Å². The normalized spacial score (nSPS) is 21.0. The monoisotopic (exact) mass is 361 g/mol. The van der Waals surface area contributed by atoms with E-state index in [9.17, 15) is 14.7 Å². The zero-order chi connectivity index (χ0) is 18.0. The van der Waals surface area contributed by atoms with Gasteiger partial charge in [0.15, 0.2) is 0 Å². The highest BCUT2D eigenvalue weighted by Crippen LogP contribution is 2.39. The Morgan fingerprint density at radius 2 is 2.24 bits per heavy atom. The molecule has 7 heteroatoms. The number of aromatic amines is 1. The molecule has 2 heterocycles. The lowest BCUT2D eigenvalue weighted by Crippen LogP contribution is -2.41.